The number of rotatable bonds is 5. The van der Waals surface area contributed by atoms with Crippen molar-refractivity contribution in [2.75, 3.05) is 13.2 Å². The van der Waals surface area contributed by atoms with Crippen LogP contribution in [0.15, 0.2) is 6.20 Å². The highest BCUT2D eigenvalue weighted by Gasteiger charge is 2.03. The van der Waals surface area contributed by atoms with Gasteiger partial charge >= 0.3 is 0 Å². The Hall–Kier alpha value is -1.47. The lowest BCUT2D eigenvalue weighted by Crippen LogP contribution is -2.30. The second-order valence-electron chi connectivity index (χ2n) is 2.69. The van der Waals surface area contributed by atoms with E-state index >= 15 is 0 Å². The highest BCUT2D eigenvalue weighted by atomic mass is 16.3. The van der Waals surface area contributed by atoms with Gasteiger partial charge in [0.05, 0.1) is 18.5 Å². The van der Waals surface area contributed by atoms with Gasteiger partial charge in [-0.2, -0.15) is 0 Å². The van der Waals surface area contributed by atoms with E-state index in [4.69, 9.17) is 10.8 Å². The molecule has 0 saturated heterocycles. The average Bonchev–Trinajstić information content (AvgIpc) is 2.62. The van der Waals surface area contributed by atoms with Crippen LogP contribution in [-0.2, 0) is 17.9 Å². The van der Waals surface area contributed by atoms with Crippen molar-refractivity contribution >= 4 is 5.91 Å². The maximum Gasteiger partial charge on any atom is 0.241 e. The topological polar surface area (TPSA) is 106 Å². The molecule has 0 saturated carbocycles. The molecule has 0 unspecified atom stereocenters. The van der Waals surface area contributed by atoms with Gasteiger partial charge in [0.2, 0.25) is 5.91 Å². The molecule has 1 amide bonds. The number of nitrogens with one attached hydrogen (secondary N) is 1. The van der Waals surface area contributed by atoms with Crippen LogP contribution in [0.5, 0.6) is 0 Å². The van der Waals surface area contributed by atoms with E-state index < -0.39 is 0 Å². The van der Waals surface area contributed by atoms with Crippen LogP contribution in [0.2, 0.25) is 0 Å². The zero-order valence-electron chi connectivity index (χ0n) is 7.68. The molecule has 1 rings (SSSR count). The minimum atomic E-state index is -0.215. The third kappa shape index (κ3) is 3.11. The standard InChI is InChI=1S/C7H13N5O2/c8-3-6-4-12(11-10-6)5-7(14)9-1-2-13/h4,13H,1-3,5,8H2,(H,9,14). The highest BCUT2D eigenvalue weighted by molar-refractivity contribution is 5.75. The molecule has 4 N–H and O–H groups in total. The number of hydrogen-bond donors (Lipinski definition) is 3. The van der Waals surface area contributed by atoms with Gasteiger partial charge in [-0.15, -0.1) is 5.10 Å². The zero-order valence-corrected chi connectivity index (χ0v) is 7.68. The van der Waals surface area contributed by atoms with E-state index in [9.17, 15) is 4.79 Å². The molecule has 0 radical (unpaired) electrons. The van der Waals surface area contributed by atoms with Gasteiger partial charge in [0.1, 0.15) is 6.54 Å². The molecule has 0 spiro atoms. The summed E-state index contributed by atoms with van der Waals surface area (Å²) in [4.78, 5) is 11.1. The molecular weight excluding hydrogens is 186 g/mol. The summed E-state index contributed by atoms with van der Waals surface area (Å²) in [5.41, 5.74) is 5.96. The molecule has 0 aromatic carbocycles. The summed E-state index contributed by atoms with van der Waals surface area (Å²) in [5.74, 6) is -0.215. The van der Waals surface area contributed by atoms with Crippen LogP contribution < -0.4 is 11.1 Å². The quantitative estimate of drug-likeness (QED) is 0.501. The van der Waals surface area contributed by atoms with Crippen LogP contribution >= 0.6 is 0 Å². The Morgan fingerprint density at radius 3 is 3.07 bits per heavy atom. The molecule has 0 aliphatic rings. The summed E-state index contributed by atoms with van der Waals surface area (Å²) in [6.07, 6.45) is 1.61. The van der Waals surface area contributed by atoms with Crippen molar-refractivity contribution in [3.05, 3.63) is 11.9 Å². The van der Waals surface area contributed by atoms with Crippen molar-refractivity contribution < 1.29 is 9.90 Å². The summed E-state index contributed by atoms with van der Waals surface area (Å²) in [6, 6.07) is 0. The second-order valence-corrected chi connectivity index (χ2v) is 2.69. The molecule has 14 heavy (non-hydrogen) atoms. The number of aliphatic hydroxyl groups is 1. The van der Waals surface area contributed by atoms with Crippen molar-refractivity contribution in [2.45, 2.75) is 13.1 Å². The molecule has 0 fully saturated rings. The summed E-state index contributed by atoms with van der Waals surface area (Å²) in [5, 5.41) is 18.4. The Morgan fingerprint density at radius 2 is 2.50 bits per heavy atom. The Labute approximate surface area is 80.9 Å². The van der Waals surface area contributed by atoms with E-state index in [0.717, 1.165) is 0 Å². The van der Waals surface area contributed by atoms with Crippen LogP contribution in [0.3, 0.4) is 0 Å². The van der Waals surface area contributed by atoms with E-state index in [1.807, 2.05) is 0 Å². The van der Waals surface area contributed by atoms with Crippen LogP contribution in [0.25, 0.3) is 0 Å². The molecule has 0 aliphatic heterocycles. The first-order chi connectivity index (χ1) is 6.76. The van der Waals surface area contributed by atoms with Gasteiger partial charge in [-0.3, -0.25) is 4.79 Å². The van der Waals surface area contributed by atoms with E-state index in [2.05, 4.69) is 15.6 Å². The van der Waals surface area contributed by atoms with Crippen molar-refractivity contribution in [1.82, 2.24) is 20.3 Å². The molecule has 7 nitrogen and oxygen atoms in total. The van der Waals surface area contributed by atoms with Crippen molar-refractivity contribution in [3.63, 3.8) is 0 Å². The number of amides is 1. The van der Waals surface area contributed by atoms with Crippen LogP contribution in [0.4, 0.5) is 0 Å². The number of nitrogens with two attached hydrogens (primary N) is 1. The second kappa shape index (κ2) is 5.30. The Bertz CT molecular complexity index is 298. The molecule has 0 aliphatic carbocycles. The summed E-state index contributed by atoms with van der Waals surface area (Å²) < 4.78 is 1.40. The first kappa shape index (κ1) is 10.6. The first-order valence-electron chi connectivity index (χ1n) is 4.23. The van der Waals surface area contributed by atoms with Gasteiger partial charge in [0, 0.05) is 13.1 Å². The van der Waals surface area contributed by atoms with Crippen LogP contribution in [-0.4, -0.2) is 39.2 Å². The number of nitrogens with zero attached hydrogens (tertiary/aromatic N) is 3. The minimum Gasteiger partial charge on any atom is -0.395 e. The maximum absolute atomic E-state index is 11.1. The average molecular weight is 199 g/mol. The van der Waals surface area contributed by atoms with Gasteiger partial charge in [0.25, 0.3) is 0 Å². The molecular formula is C7H13N5O2. The Morgan fingerprint density at radius 1 is 1.71 bits per heavy atom. The Kier molecular flexibility index (Phi) is 4.02. The van der Waals surface area contributed by atoms with Crippen molar-refractivity contribution in [3.8, 4) is 0 Å². The fourth-order valence-corrected chi connectivity index (χ4v) is 0.908. The lowest BCUT2D eigenvalue weighted by Gasteiger charge is -2.01. The number of aromatic nitrogens is 3. The van der Waals surface area contributed by atoms with Gasteiger partial charge in [0.15, 0.2) is 0 Å². The molecule has 1 aromatic rings. The third-order valence-electron chi connectivity index (χ3n) is 1.53. The van der Waals surface area contributed by atoms with E-state index in [1.54, 1.807) is 6.20 Å². The number of hydrogen-bond acceptors (Lipinski definition) is 5. The smallest absolute Gasteiger partial charge is 0.241 e. The van der Waals surface area contributed by atoms with Gasteiger partial charge < -0.3 is 16.2 Å². The minimum absolute atomic E-state index is 0.0723. The SMILES string of the molecule is NCc1cn(CC(=O)NCCO)nn1. The molecule has 0 bridgehead atoms. The largest absolute Gasteiger partial charge is 0.395 e. The summed E-state index contributed by atoms with van der Waals surface area (Å²) in [7, 11) is 0. The zero-order chi connectivity index (χ0) is 10.4. The predicted molar refractivity (Wildman–Crippen MR) is 48.0 cm³/mol. The maximum atomic E-state index is 11.1. The van der Waals surface area contributed by atoms with Crippen LogP contribution in [0, 0.1) is 0 Å². The molecule has 1 heterocycles. The third-order valence-corrected chi connectivity index (χ3v) is 1.53. The van der Waals surface area contributed by atoms with Crippen molar-refractivity contribution in [1.29, 1.82) is 0 Å². The fraction of sp³-hybridized carbons (Fsp3) is 0.571. The molecule has 7 heteroatoms. The first-order valence-corrected chi connectivity index (χ1v) is 4.23. The van der Waals surface area contributed by atoms with E-state index in [1.165, 1.54) is 4.68 Å². The van der Waals surface area contributed by atoms with Crippen LogP contribution in [0.1, 0.15) is 5.69 Å². The normalized spacial score (nSPS) is 10.1. The van der Waals surface area contributed by atoms with Gasteiger partial charge in [-0.25, -0.2) is 4.68 Å². The summed E-state index contributed by atoms with van der Waals surface area (Å²) in [6.45, 7) is 0.569. The van der Waals surface area contributed by atoms with Gasteiger partial charge in [-0.05, 0) is 0 Å². The molecule has 78 valence electrons. The number of carbonyl (C=O) groups excluding carboxylic acids is 1. The fourth-order valence-electron chi connectivity index (χ4n) is 0.908. The van der Waals surface area contributed by atoms with E-state index in [-0.39, 0.29) is 25.6 Å². The number of carbonyl (C=O) groups is 1. The lowest BCUT2D eigenvalue weighted by atomic mass is 10.5. The van der Waals surface area contributed by atoms with Crippen molar-refractivity contribution in [2.24, 2.45) is 5.73 Å². The Balaban J connectivity index is 2.39. The predicted octanol–water partition coefficient (Wildman–Crippen LogP) is -2.15. The van der Waals surface area contributed by atoms with E-state index in [0.29, 0.717) is 12.2 Å². The monoisotopic (exact) mass is 199 g/mol. The number of aliphatic hydroxyl groups excluding tert-OH is 1. The summed E-state index contributed by atoms with van der Waals surface area (Å²) >= 11 is 0. The molecule has 1 aromatic heterocycles. The van der Waals surface area contributed by atoms with Gasteiger partial charge in [-0.1, -0.05) is 5.21 Å². The lowest BCUT2D eigenvalue weighted by molar-refractivity contribution is -0.122. The molecule has 0 atom stereocenters. The highest BCUT2D eigenvalue weighted by Crippen LogP contribution is 1.90.